The molecule has 1 saturated heterocycles. The number of carboxylic acid groups (broad SMARTS) is 1. The Kier molecular flexibility index (Phi) is 7.53. The van der Waals surface area contributed by atoms with Crippen molar-refractivity contribution in [1.82, 2.24) is 5.32 Å². The number of aliphatic carboxylic acids is 1. The first-order valence-electron chi connectivity index (χ1n) is 8.39. The summed E-state index contributed by atoms with van der Waals surface area (Å²) in [6, 6.07) is 6.36. The first-order valence-corrected chi connectivity index (χ1v) is 8.76. The molecule has 6 heteroatoms. The van der Waals surface area contributed by atoms with E-state index in [1.165, 1.54) is 0 Å². The summed E-state index contributed by atoms with van der Waals surface area (Å²) in [6.45, 7) is 1.63. The number of ether oxygens (including phenoxy) is 1. The van der Waals surface area contributed by atoms with Crippen molar-refractivity contribution in [2.24, 2.45) is 5.92 Å². The Morgan fingerprint density at radius 2 is 1.92 bits per heavy atom. The number of carbonyl (C=O) groups excluding carboxylic acids is 1. The lowest BCUT2D eigenvalue weighted by Crippen LogP contribution is -2.30. The number of hydrogen-bond acceptors (Lipinski definition) is 3. The molecule has 1 heterocycles. The lowest BCUT2D eigenvalue weighted by atomic mass is 9.94. The highest BCUT2D eigenvalue weighted by molar-refractivity contribution is 6.30. The lowest BCUT2D eigenvalue weighted by Gasteiger charge is -2.22. The second-order valence-electron chi connectivity index (χ2n) is 6.22. The quantitative estimate of drug-likeness (QED) is 0.749. The third kappa shape index (κ3) is 6.49. The summed E-state index contributed by atoms with van der Waals surface area (Å²) in [6.07, 6.45) is 4.23. The molecule has 1 amide bonds. The molecular weight excluding hydrogens is 330 g/mol. The van der Waals surface area contributed by atoms with E-state index in [9.17, 15) is 9.59 Å². The van der Waals surface area contributed by atoms with E-state index in [0.29, 0.717) is 17.4 Å². The van der Waals surface area contributed by atoms with Crippen LogP contribution < -0.4 is 5.32 Å². The molecule has 1 aliphatic rings. The van der Waals surface area contributed by atoms with Crippen molar-refractivity contribution in [1.29, 1.82) is 0 Å². The monoisotopic (exact) mass is 353 g/mol. The zero-order valence-corrected chi connectivity index (χ0v) is 14.4. The SMILES string of the molecule is O=C(O)C[C@H](NC(=O)CCCC1CCOCC1)c1ccc(Cl)cc1. The van der Waals surface area contributed by atoms with Gasteiger partial charge in [-0.3, -0.25) is 9.59 Å². The third-order valence-electron chi connectivity index (χ3n) is 4.34. The van der Waals surface area contributed by atoms with Gasteiger partial charge in [0.15, 0.2) is 0 Å². The molecule has 132 valence electrons. The Hall–Kier alpha value is -1.59. The van der Waals surface area contributed by atoms with E-state index in [0.717, 1.165) is 44.5 Å². The van der Waals surface area contributed by atoms with Crippen molar-refractivity contribution in [3.05, 3.63) is 34.9 Å². The van der Waals surface area contributed by atoms with E-state index in [-0.39, 0.29) is 12.3 Å². The number of hydrogen-bond donors (Lipinski definition) is 2. The third-order valence-corrected chi connectivity index (χ3v) is 4.60. The maximum atomic E-state index is 12.2. The minimum absolute atomic E-state index is 0.108. The van der Waals surface area contributed by atoms with Crippen LogP contribution in [0.3, 0.4) is 0 Å². The number of rotatable bonds is 8. The van der Waals surface area contributed by atoms with Gasteiger partial charge in [-0.25, -0.2) is 0 Å². The van der Waals surface area contributed by atoms with E-state index in [2.05, 4.69) is 5.32 Å². The Morgan fingerprint density at radius 3 is 2.54 bits per heavy atom. The molecule has 24 heavy (non-hydrogen) atoms. The van der Waals surface area contributed by atoms with Gasteiger partial charge < -0.3 is 15.2 Å². The summed E-state index contributed by atoms with van der Waals surface area (Å²) in [4.78, 5) is 23.2. The molecular formula is C18H24ClNO4. The Labute approximate surface area is 147 Å². The first kappa shape index (κ1) is 18.7. The van der Waals surface area contributed by atoms with Crippen molar-refractivity contribution in [3.8, 4) is 0 Å². The van der Waals surface area contributed by atoms with Gasteiger partial charge in [0.2, 0.25) is 5.91 Å². The fourth-order valence-electron chi connectivity index (χ4n) is 2.97. The van der Waals surface area contributed by atoms with Gasteiger partial charge in [-0.05, 0) is 49.3 Å². The van der Waals surface area contributed by atoms with Gasteiger partial charge in [0.05, 0.1) is 12.5 Å². The van der Waals surface area contributed by atoms with Crippen molar-refractivity contribution >= 4 is 23.5 Å². The zero-order valence-electron chi connectivity index (χ0n) is 13.7. The highest BCUT2D eigenvalue weighted by atomic mass is 35.5. The van der Waals surface area contributed by atoms with Gasteiger partial charge in [-0.15, -0.1) is 0 Å². The van der Waals surface area contributed by atoms with Gasteiger partial charge in [0.1, 0.15) is 0 Å². The summed E-state index contributed by atoms with van der Waals surface area (Å²) in [5.74, 6) is -0.418. The van der Waals surface area contributed by atoms with Gasteiger partial charge in [0.25, 0.3) is 0 Å². The average Bonchev–Trinajstić information content (AvgIpc) is 2.55. The topological polar surface area (TPSA) is 75.6 Å². The van der Waals surface area contributed by atoms with E-state index >= 15 is 0 Å². The maximum absolute atomic E-state index is 12.2. The second-order valence-corrected chi connectivity index (χ2v) is 6.65. The van der Waals surface area contributed by atoms with Crippen LogP contribution in [0.5, 0.6) is 0 Å². The predicted molar refractivity (Wildman–Crippen MR) is 92.0 cm³/mol. The number of benzene rings is 1. The predicted octanol–water partition coefficient (Wildman–Crippen LogP) is 3.57. The van der Waals surface area contributed by atoms with Gasteiger partial charge in [-0.1, -0.05) is 23.7 Å². The number of nitrogens with one attached hydrogen (secondary N) is 1. The highest BCUT2D eigenvalue weighted by Gasteiger charge is 2.19. The minimum Gasteiger partial charge on any atom is -0.481 e. The molecule has 0 spiro atoms. The van der Waals surface area contributed by atoms with Crippen molar-refractivity contribution in [3.63, 3.8) is 0 Å². The lowest BCUT2D eigenvalue weighted by molar-refractivity contribution is -0.137. The summed E-state index contributed by atoms with van der Waals surface area (Å²) < 4.78 is 5.33. The van der Waals surface area contributed by atoms with Crippen LogP contribution in [-0.2, 0) is 14.3 Å². The Morgan fingerprint density at radius 1 is 1.25 bits per heavy atom. The van der Waals surface area contributed by atoms with Crippen LogP contribution in [-0.4, -0.2) is 30.2 Å². The standard InChI is InChI=1S/C18H24ClNO4/c19-15-6-4-14(5-7-15)16(12-18(22)23)20-17(21)3-1-2-13-8-10-24-11-9-13/h4-7,13,16H,1-3,8-12H2,(H,20,21)(H,22,23)/t16-/m0/s1. The average molecular weight is 354 g/mol. The van der Waals surface area contributed by atoms with Crippen LogP contribution in [0.1, 0.15) is 50.1 Å². The summed E-state index contributed by atoms with van der Waals surface area (Å²) in [5, 5.41) is 12.5. The molecule has 1 aromatic rings. The van der Waals surface area contributed by atoms with E-state index in [1.54, 1.807) is 24.3 Å². The molecule has 0 bridgehead atoms. The fourth-order valence-corrected chi connectivity index (χ4v) is 3.10. The molecule has 2 N–H and O–H groups in total. The van der Waals surface area contributed by atoms with Crippen LogP contribution in [0.25, 0.3) is 0 Å². The largest absolute Gasteiger partial charge is 0.481 e. The first-order chi connectivity index (χ1) is 11.5. The van der Waals surface area contributed by atoms with Gasteiger partial charge in [-0.2, -0.15) is 0 Å². The number of halogens is 1. The summed E-state index contributed by atoms with van der Waals surface area (Å²) in [5.41, 5.74) is 0.750. The van der Waals surface area contributed by atoms with Crippen LogP contribution in [0, 0.1) is 5.92 Å². The van der Waals surface area contributed by atoms with Gasteiger partial charge >= 0.3 is 5.97 Å². The van der Waals surface area contributed by atoms with Crippen molar-refractivity contribution in [2.75, 3.05) is 13.2 Å². The number of amides is 1. The summed E-state index contributed by atoms with van der Waals surface area (Å²) >= 11 is 5.86. The molecule has 1 aromatic carbocycles. The molecule has 0 aromatic heterocycles. The summed E-state index contributed by atoms with van der Waals surface area (Å²) in [7, 11) is 0. The molecule has 0 saturated carbocycles. The minimum atomic E-state index is -0.947. The molecule has 0 unspecified atom stereocenters. The maximum Gasteiger partial charge on any atom is 0.305 e. The molecule has 0 aliphatic carbocycles. The fraction of sp³-hybridized carbons (Fsp3) is 0.556. The van der Waals surface area contributed by atoms with Crippen LogP contribution in [0.2, 0.25) is 5.02 Å². The van der Waals surface area contributed by atoms with E-state index < -0.39 is 12.0 Å². The van der Waals surface area contributed by atoms with Crippen LogP contribution >= 0.6 is 11.6 Å². The zero-order chi connectivity index (χ0) is 17.4. The Balaban J connectivity index is 1.82. The second kappa shape index (κ2) is 9.64. The van der Waals surface area contributed by atoms with E-state index in [1.807, 2.05) is 0 Å². The normalized spacial score (nSPS) is 16.5. The molecule has 0 radical (unpaired) electrons. The number of carbonyl (C=O) groups is 2. The van der Waals surface area contributed by atoms with Crippen molar-refractivity contribution in [2.45, 2.75) is 44.6 Å². The number of carboxylic acids is 1. The molecule has 1 fully saturated rings. The van der Waals surface area contributed by atoms with Gasteiger partial charge in [0, 0.05) is 24.7 Å². The molecule has 2 rings (SSSR count). The van der Waals surface area contributed by atoms with Crippen molar-refractivity contribution < 1.29 is 19.4 Å². The molecule has 5 nitrogen and oxygen atoms in total. The van der Waals surface area contributed by atoms with E-state index in [4.69, 9.17) is 21.4 Å². The van der Waals surface area contributed by atoms with Crippen LogP contribution in [0.15, 0.2) is 24.3 Å². The molecule has 1 aliphatic heterocycles. The highest BCUT2D eigenvalue weighted by Crippen LogP contribution is 2.22. The molecule has 1 atom stereocenters. The Bertz CT molecular complexity index is 540. The van der Waals surface area contributed by atoms with Crippen LogP contribution in [0.4, 0.5) is 0 Å². The smallest absolute Gasteiger partial charge is 0.305 e.